The number of aliphatic carboxylic acids is 1. The summed E-state index contributed by atoms with van der Waals surface area (Å²) in [5, 5.41) is 18.4. The van der Waals surface area contributed by atoms with Gasteiger partial charge in [0.25, 0.3) is 5.91 Å². The van der Waals surface area contributed by atoms with E-state index in [1.165, 1.54) is 0 Å². The number of carbonyl (C=O) groups excluding carboxylic acids is 2. The van der Waals surface area contributed by atoms with Crippen LogP contribution >= 0.6 is 0 Å². The van der Waals surface area contributed by atoms with E-state index in [9.17, 15) is 14.4 Å². The van der Waals surface area contributed by atoms with Crippen molar-refractivity contribution in [2.75, 3.05) is 25.0 Å². The topological polar surface area (TPSA) is 184 Å². The Balaban J connectivity index is 1.39. The zero-order valence-corrected chi connectivity index (χ0v) is 18.8. The van der Waals surface area contributed by atoms with Gasteiger partial charge < -0.3 is 36.0 Å². The fourth-order valence-electron chi connectivity index (χ4n) is 4.05. The van der Waals surface area contributed by atoms with E-state index in [-0.39, 0.29) is 37.9 Å². The second kappa shape index (κ2) is 10.4. The molecule has 2 amide bonds. The van der Waals surface area contributed by atoms with Gasteiger partial charge in [-0.3, -0.25) is 14.5 Å². The van der Waals surface area contributed by atoms with Crippen LogP contribution in [0.2, 0.25) is 0 Å². The number of imidazole rings is 1. The van der Waals surface area contributed by atoms with Crippen molar-refractivity contribution in [3.05, 3.63) is 48.3 Å². The molecular formula is C22H27N7O6. The molecule has 3 atom stereocenters. The summed E-state index contributed by atoms with van der Waals surface area (Å²) in [6, 6.07) is 7.79. The number of carboxylic acids is 1. The number of hydrogen-bond donors (Lipinski definition) is 5. The van der Waals surface area contributed by atoms with Crippen LogP contribution in [0.4, 0.5) is 10.7 Å². The minimum atomic E-state index is -1.23. The highest BCUT2D eigenvalue weighted by atomic mass is 16.7. The Morgan fingerprint density at radius 2 is 2.14 bits per heavy atom. The molecule has 1 fully saturated rings. The fraction of sp³-hybridized carbons (Fsp3) is 0.409. The molecule has 6 N–H and O–H groups in total. The maximum atomic E-state index is 13.0. The lowest BCUT2D eigenvalue weighted by molar-refractivity contribution is -0.138. The molecule has 3 heterocycles. The molecule has 0 radical (unpaired) electrons. The van der Waals surface area contributed by atoms with Crippen molar-refractivity contribution >= 4 is 29.6 Å². The molecule has 1 spiro atoms. The summed E-state index contributed by atoms with van der Waals surface area (Å²) in [5.41, 5.74) is 5.51. The van der Waals surface area contributed by atoms with Crippen LogP contribution in [0.3, 0.4) is 0 Å². The van der Waals surface area contributed by atoms with E-state index in [4.69, 9.17) is 20.4 Å². The maximum absolute atomic E-state index is 13.0. The largest absolute Gasteiger partial charge is 0.480 e. The number of rotatable bonds is 9. The Morgan fingerprint density at radius 1 is 1.34 bits per heavy atom. The minimum absolute atomic E-state index is 0.111. The van der Waals surface area contributed by atoms with Crippen LogP contribution in [-0.2, 0) is 25.8 Å². The number of ether oxygens (including phenoxy) is 1. The number of carboxylic acid groups (broad SMARTS) is 1. The van der Waals surface area contributed by atoms with Gasteiger partial charge >= 0.3 is 12.1 Å². The second-order valence-corrected chi connectivity index (χ2v) is 8.49. The third-order valence-electron chi connectivity index (χ3n) is 5.85. The van der Waals surface area contributed by atoms with Crippen LogP contribution in [0.25, 0.3) is 0 Å². The van der Waals surface area contributed by atoms with Crippen LogP contribution in [0.5, 0.6) is 0 Å². The number of oxime groups is 1. The first-order chi connectivity index (χ1) is 16.8. The number of likely N-dealkylation sites (tertiary alicyclic amines) is 1. The van der Waals surface area contributed by atoms with Gasteiger partial charge in [0.2, 0.25) is 0 Å². The molecular weight excluding hydrogens is 458 g/mol. The van der Waals surface area contributed by atoms with Crippen molar-refractivity contribution in [2.45, 2.75) is 37.1 Å². The maximum Gasteiger partial charge on any atom is 0.410 e. The zero-order valence-electron chi connectivity index (χ0n) is 18.8. The third kappa shape index (κ3) is 5.87. The van der Waals surface area contributed by atoms with Gasteiger partial charge in [0.1, 0.15) is 18.4 Å². The number of nitrogens with one attached hydrogen (secondary N) is 3. The van der Waals surface area contributed by atoms with Gasteiger partial charge in [-0.15, -0.1) is 0 Å². The van der Waals surface area contributed by atoms with Gasteiger partial charge in [-0.2, -0.15) is 0 Å². The summed E-state index contributed by atoms with van der Waals surface area (Å²) < 4.78 is 5.54. The lowest BCUT2D eigenvalue weighted by atomic mass is 9.94. The smallest absolute Gasteiger partial charge is 0.410 e. The number of aromatic amines is 1. The van der Waals surface area contributed by atoms with Crippen LogP contribution in [0.1, 0.15) is 18.4 Å². The molecule has 0 bridgehead atoms. The highest BCUT2D eigenvalue weighted by molar-refractivity contribution is 6.39. The molecule has 1 saturated heterocycles. The summed E-state index contributed by atoms with van der Waals surface area (Å²) in [6.45, 7) is 0.415. The predicted octanol–water partition coefficient (Wildman–Crippen LogP) is 0.276. The summed E-state index contributed by atoms with van der Waals surface area (Å²) >= 11 is 0. The summed E-state index contributed by atoms with van der Waals surface area (Å²) in [7, 11) is 0. The molecule has 186 valence electrons. The Hall–Kier alpha value is -4.13. The van der Waals surface area contributed by atoms with E-state index in [2.05, 4.69) is 25.8 Å². The van der Waals surface area contributed by atoms with Gasteiger partial charge in [-0.25, -0.2) is 9.78 Å². The summed E-state index contributed by atoms with van der Waals surface area (Å²) in [6.07, 6.45) is 3.33. The number of amides is 2. The van der Waals surface area contributed by atoms with Gasteiger partial charge in [-0.05, 0) is 5.56 Å². The summed E-state index contributed by atoms with van der Waals surface area (Å²) in [4.78, 5) is 50.6. The van der Waals surface area contributed by atoms with Gasteiger partial charge in [0.15, 0.2) is 11.5 Å². The lowest BCUT2D eigenvalue weighted by Gasteiger charge is -2.24. The second-order valence-electron chi connectivity index (χ2n) is 8.49. The summed E-state index contributed by atoms with van der Waals surface area (Å²) in [5.74, 6) is -1.23. The number of nitrogens with zero attached hydrogens (tertiary/aromatic N) is 3. The number of nitrogens with two attached hydrogens (primary N) is 1. The van der Waals surface area contributed by atoms with Crippen molar-refractivity contribution in [1.82, 2.24) is 20.2 Å². The first-order valence-electron chi connectivity index (χ1n) is 11.1. The van der Waals surface area contributed by atoms with E-state index < -0.39 is 29.6 Å². The Labute approximate surface area is 200 Å². The average Bonchev–Trinajstić information content (AvgIpc) is 3.61. The standard InChI is InChI=1S/C22H27N7O6/c23-16(19(31)32)11-26-18(30)17-9-22(35-28-17)8-15(10-27-20-24-6-7-25-20)29(13-22)21(33)34-12-14-4-2-1-3-5-14/h1-7,15-16H,8-13,23H2,(H,26,30)(H,31,32)(H2,24,25,27). The number of anilines is 1. The molecule has 13 nitrogen and oxygen atoms in total. The molecule has 1 aromatic heterocycles. The number of benzene rings is 1. The zero-order chi connectivity index (χ0) is 24.8. The van der Waals surface area contributed by atoms with Crippen LogP contribution in [-0.4, -0.2) is 81.0 Å². The molecule has 2 aliphatic heterocycles. The minimum Gasteiger partial charge on any atom is -0.480 e. The third-order valence-corrected chi connectivity index (χ3v) is 5.85. The highest BCUT2D eigenvalue weighted by Crippen LogP contribution is 2.38. The van der Waals surface area contributed by atoms with Gasteiger partial charge in [-0.1, -0.05) is 35.5 Å². The number of H-pyrrole nitrogens is 1. The SMILES string of the molecule is NC(CNC(=O)C1=NOC2(C1)CC(CNc1ncc[nH]1)N(C(=O)OCc1ccccc1)C2)C(=O)O. The van der Waals surface area contributed by atoms with E-state index in [1.54, 1.807) is 17.3 Å². The van der Waals surface area contributed by atoms with Crippen molar-refractivity contribution in [1.29, 1.82) is 0 Å². The van der Waals surface area contributed by atoms with E-state index in [0.29, 0.717) is 18.9 Å². The molecule has 0 aliphatic carbocycles. The Bertz CT molecular complexity index is 1080. The molecule has 13 heteroatoms. The predicted molar refractivity (Wildman–Crippen MR) is 123 cm³/mol. The first-order valence-corrected chi connectivity index (χ1v) is 11.1. The molecule has 2 aliphatic rings. The number of carbonyl (C=O) groups is 3. The number of hydrogen-bond acceptors (Lipinski definition) is 9. The van der Waals surface area contributed by atoms with E-state index >= 15 is 0 Å². The molecule has 1 aromatic carbocycles. The Kier molecular flexibility index (Phi) is 7.15. The van der Waals surface area contributed by atoms with Crippen molar-refractivity contribution in [3.8, 4) is 0 Å². The molecule has 2 aromatic rings. The van der Waals surface area contributed by atoms with Crippen molar-refractivity contribution < 1.29 is 29.1 Å². The highest BCUT2D eigenvalue weighted by Gasteiger charge is 2.52. The average molecular weight is 486 g/mol. The first kappa shape index (κ1) is 24.0. The van der Waals surface area contributed by atoms with Crippen molar-refractivity contribution in [3.63, 3.8) is 0 Å². The van der Waals surface area contributed by atoms with Crippen LogP contribution in [0.15, 0.2) is 47.9 Å². The Morgan fingerprint density at radius 3 is 2.86 bits per heavy atom. The number of aromatic nitrogens is 2. The fourth-order valence-corrected chi connectivity index (χ4v) is 4.05. The van der Waals surface area contributed by atoms with E-state index in [0.717, 1.165) is 5.56 Å². The van der Waals surface area contributed by atoms with E-state index in [1.807, 2.05) is 30.3 Å². The molecule has 4 rings (SSSR count). The molecule has 35 heavy (non-hydrogen) atoms. The van der Waals surface area contributed by atoms with Crippen LogP contribution < -0.4 is 16.4 Å². The van der Waals surface area contributed by atoms with Crippen molar-refractivity contribution in [2.24, 2.45) is 10.9 Å². The van der Waals surface area contributed by atoms with Gasteiger partial charge in [0, 0.05) is 38.3 Å². The molecule has 0 saturated carbocycles. The normalized spacial score (nSPS) is 21.8. The monoisotopic (exact) mass is 485 g/mol. The lowest BCUT2D eigenvalue weighted by Crippen LogP contribution is -2.45. The van der Waals surface area contributed by atoms with Gasteiger partial charge in [0.05, 0.1) is 12.6 Å². The quantitative estimate of drug-likeness (QED) is 0.333. The van der Waals surface area contributed by atoms with Crippen LogP contribution in [0, 0.1) is 0 Å². The molecule has 3 unspecified atom stereocenters.